The lowest BCUT2D eigenvalue weighted by atomic mass is 9.77. The molecule has 160 valence electrons. The van der Waals surface area contributed by atoms with Gasteiger partial charge >= 0.3 is 0 Å². The molecule has 4 atom stereocenters. The monoisotopic (exact) mass is 401 g/mol. The number of carbonyl (C=O) groups is 1. The number of hydrogen-bond donors (Lipinski definition) is 1. The molecule has 1 N–H and O–H groups in total. The summed E-state index contributed by atoms with van der Waals surface area (Å²) in [6.45, 7) is 5.89. The number of para-hydroxylation sites is 1. The number of rotatable bonds is 5. The minimum absolute atomic E-state index is 0.232. The summed E-state index contributed by atoms with van der Waals surface area (Å²) in [5.41, 5.74) is 1.09. The highest BCUT2D eigenvalue weighted by atomic mass is 16.5. The van der Waals surface area contributed by atoms with Gasteiger partial charge in [-0.1, -0.05) is 18.2 Å². The van der Waals surface area contributed by atoms with Crippen molar-refractivity contribution in [3.63, 3.8) is 0 Å². The number of carbonyl (C=O) groups excluding carboxylic acids is 1. The zero-order chi connectivity index (χ0) is 20.4. The first-order valence-electron chi connectivity index (χ1n) is 11.1. The van der Waals surface area contributed by atoms with E-state index in [4.69, 9.17) is 4.74 Å². The fourth-order valence-corrected chi connectivity index (χ4v) is 5.47. The Balaban J connectivity index is 1.31. The lowest BCUT2D eigenvalue weighted by molar-refractivity contribution is -0.130. The molecule has 3 fully saturated rings. The number of benzene rings is 1. The Bertz CT molecular complexity index is 704. The van der Waals surface area contributed by atoms with Crippen LogP contribution in [0.1, 0.15) is 24.8 Å². The highest BCUT2D eigenvalue weighted by Crippen LogP contribution is 2.38. The van der Waals surface area contributed by atoms with Crippen molar-refractivity contribution in [1.29, 1.82) is 0 Å². The summed E-state index contributed by atoms with van der Waals surface area (Å²) in [6.07, 6.45) is 2.82. The molecule has 1 saturated carbocycles. The van der Waals surface area contributed by atoms with Gasteiger partial charge in [0.2, 0.25) is 5.91 Å². The van der Waals surface area contributed by atoms with E-state index in [9.17, 15) is 9.90 Å². The van der Waals surface area contributed by atoms with Crippen LogP contribution in [-0.4, -0.2) is 91.3 Å². The number of aryl methyl sites for hydroxylation is 1. The summed E-state index contributed by atoms with van der Waals surface area (Å²) in [4.78, 5) is 19.7. The third kappa shape index (κ3) is 4.60. The normalized spacial score (nSPS) is 30.9. The highest BCUT2D eigenvalue weighted by Gasteiger charge is 2.44. The van der Waals surface area contributed by atoms with Crippen molar-refractivity contribution in [2.45, 2.75) is 37.8 Å². The molecule has 29 heavy (non-hydrogen) atoms. The number of nitrogens with zero attached hydrogens (tertiary/aromatic N) is 3. The van der Waals surface area contributed by atoms with Gasteiger partial charge in [0.15, 0.2) is 0 Å². The number of fused-ring (bicyclic) bond motifs is 1. The van der Waals surface area contributed by atoms with Gasteiger partial charge in [0.1, 0.15) is 5.75 Å². The maximum atomic E-state index is 12.9. The topological polar surface area (TPSA) is 56.2 Å². The second-order valence-electron chi connectivity index (χ2n) is 9.08. The Morgan fingerprint density at radius 2 is 1.79 bits per heavy atom. The molecule has 4 rings (SSSR count). The van der Waals surface area contributed by atoms with Crippen molar-refractivity contribution in [1.82, 2.24) is 14.7 Å². The van der Waals surface area contributed by atoms with Crippen LogP contribution in [0.15, 0.2) is 24.3 Å². The van der Waals surface area contributed by atoms with E-state index >= 15 is 0 Å². The van der Waals surface area contributed by atoms with Crippen molar-refractivity contribution in [3.8, 4) is 5.75 Å². The summed E-state index contributed by atoms with van der Waals surface area (Å²) < 4.78 is 5.41. The number of aliphatic hydroxyl groups excluding tert-OH is 1. The molecular weight excluding hydrogens is 366 g/mol. The zero-order valence-corrected chi connectivity index (χ0v) is 17.8. The lowest BCUT2D eigenvalue weighted by Crippen LogP contribution is -2.55. The Morgan fingerprint density at radius 1 is 1.10 bits per heavy atom. The van der Waals surface area contributed by atoms with Gasteiger partial charge in [-0.3, -0.25) is 9.69 Å². The van der Waals surface area contributed by atoms with Crippen LogP contribution in [0.2, 0.25) is 0 Å². The lowest BCUT2D eigenvalue weighted by Gasteiger charge is -2.44. The van der Waals surface area contributed by atoms with E-state index in [0.29, 0.717) is 24.7 Å². The Hall–Kier alpha value is -1.63. The number of aliphatic hydroxyl groups is 1. The van der Waals surface area contributed by atoms with E-state index in [1.807, 2.05) is 29.2 Å². The molecule has 2 aliphatic heterocycles. The van der Waals surface area contributed by atoms with Gasteiger partial charge in [0.25, 0.3) is 0 Å². The van der Waals surface area contributed by atoms with Gasteiger partial charge < -0.3 is 19.6 Å². The molecule has 3 aliphatic rings. The Morgan fingerprint density at radius 3 is 2.52 bits per heavy atom. The zero-order valence-electron chi connectivity index (χ0n) is 17.8. The molecule has 0 unspecified atom stereocenters. The van der Waals surface area contributed by atoms with Crippen LogP contribution in [0.3, 0.4) is 0 Å². The summed E-state index contributed by atoms with van der Waals surface area (Å²) in [5, 5.41) is 10.8. The minimum Gasteiger partial charge on any atom is -0.496 e. The predicted octanol–water partition coefficient (Wildman–Crippen LogP) is 1.47. The summed E-state index contributed by atoms with van der Waals surface area (Å²) in [6, 6.07) is 8.19. The molecule has 6 heteroatoms. The standard InChI is InChI=1S/C23H35N3O3/c1-24-9-11-25(12-10-24)20-13-18-15-26(16-19(18)14-21(20)27)23(28)8-7-17-5-3-4-6-22(17)29-2/h3-6,18-21,27H,7-16H2,1-2H3/t18-,19+,20-,21-/m1/s1. The number of likely N-dealkylation sites (tertiary alicyclic amines) is 1. The third-order valence-electron chi connectivity index (χ3n) is 7.27. The van der Waals surface area contributed by atoms with Crippen LogP contribution in [0.5, 0.6) is 5.75 Å². The van der Waals surface area contributed by atoms with E-state index in [-0.39, 0.29) is 18.1 Å². The van der Waals surface area contributed by atoms with Gasteiger partial charge in [-0.25, -0.2) is 0 Å². The molecule has 2 saturated heterocycles. The minimum atomic E-state index is -0.261. The largest absolute Gasteiger partial charge is 0.496 e. The first kappa shape index (κ1) is 20.6. The fourth-order valence-electron chi connectivity index (χ4n) is 5.47. The predicted molar refractivity (Wildman–Crippen MR) is 113 cm³/mol. The maximum absolute atomic E-state index is 12.9. The molecule has 0 aromatic heterocycles. The van der Waals surface area contributed by atoms with Gasteiger partial charge in [0.05, 0.1) is 13.2 Å². The maximum Gasteiger partial charge on any atom is 0.222 e. The van der Waals surface area contributed by atoms with Crippen LogP contribution in [0, 0.1) is 11.8 Å². The number of amides is 1. The smallest absolute Gasteiger partial charge is 0.222 e. The second kappa shape index (κ2) is 9.02. The number of ether oxygens (including phenoxy) is 1. The van der Waals surface area contributed by atoms with Gasteiger partial charge in [-0.05, 0) is 49.8 Å². The van der Waals surface area contributed by atoms with Crippen LogP contribution < -0.4 is 4.74 Å². The molecule has 1 amide bonds. The molecule has 0 spiro atoms. The summed E-state index contributed by atoms with van der Waals surface area (Å²) in [5.74, 6) is 2.06. The van der Waals surface area contributed by atoms with Crippen molar-refractivity contribution in [2.75, 3.05) is 53.4 Å². The second-order valence-corrected chi connectivity index (χ2v) is 9.08. The molecule has 1 aromatic carbocycles. The number of likely N-dealkylation sites (N-methyl/N-ethyl adjacent to an activating group) is 1. The molecule has 0 bridgehead atoms. The van der Waals surface area contributed by atoms with Crippen LogP contribution in [0.25, 0.3) is 0 Å². The van der Waals surface area contributed by atoms with Gasteiger partial charge in [-0.2, -0.15) is 0 Å². The highest BCUT2D eigenvalue weighted by molar-refractivity contribution is 5.77. The number of hydrogen-bond acceptors (Lipinski definition) is 5. The van der Waals surface area contributed by atoms with Crippen LogP contribution in [0.4, 0.5) is 0 Å². The molecule has 6 nitrogen and oxygen atoms in total. The van der Waals surface area contributed by atoms with E-state index in [2.05, 4.69) is 16.8 Å². The quantitative estimate of drug-likeness (QED) is 0.810. The summed E-state index contributed by atoms with van der Waals surface area (Å²) in [7, 11) is 3.84. The fraction of sp³-hybridized carbons (Fsp3) is 0.696. The van der Waals surface area contributed by atoms with Gasteiger partial charge in [0, 0.05) is 51.7 Å². The summed E-state index contributed by atoms with van der Waals surface area (Å²) >= 11 is 0. The number of piperazine rings is 1. The molecule has 1 aromatic rings. The van der Waals surface area contributed by atoms with E-state index in [0.717, 1.165) is 63.4 Å². The third-order valence-corrected chi connectivity index (χ3v) is 7.27. The molecule has 2 heterocycles. The molecule has 0 radical (unpaired) electrons. The first-order chi connectivity index (χ1) is 14.0. The van der Waals surface area contributed by atoms with Crippen molar-refractivity contribution >= 4 is 5.91 Å². The first-order valence-corrected chi connectivity index (χ1v) is 11.1. The SMILES string of the molecule is COc1ccccc1CCC(=O)N1C[C@H]2C[C@@H](N3CCN(C)CC3)[C@H](O)C[C@H]2C1. The van der Waals surface area contributed by atoms with E-state index in [1.165, 1.54) is 0 Å². The van der Waals surface area contributed by atoms with Crippen molar-refractivity contribution < 1.29 is 14.6 Å². The average Bonchev–Trinajstić information content (AvgIpc) is 3.15. The van der Waals surface area contributed by atoms with Crippen molar-refractivity contribution in [2.24, 2.45) is 11.8 Å². The van der Waals surface area contributed by atoms with Gasteiger partial charge in [-0.15, -0.1) is 0 Å². The van der Waals surface area contributed by atoms with E-state index in [1.54, 1.807) is 7.11 Å². The van der Waals surface area contributed by atoms with Crippen LogP contribution >= 0.6 is 0 Å². The molecular formula is C23H35N3O3. The number of methoxy groups -OCH3 is 1. The van der Waals surface area contributed by atoms with Crippen LogP contribution in [-0.2, 0) is 11.2 Å². The Kier molecular flexibility index (Phi) is 6.42. The molecule has 1 aliphatic carbocycles. The van der Waals surface area contributed by atoms with E-state index < -0.39 is 0 Å². The average molecular weight is 402 g/mol. The Labute approximate surface area is 174 Å². The van der Waals surface area contributed by atoms with Crippen molar-refractivity contribution in [3.05, 3.63) is 29.8 Å².